The molecule has 3 heteroatoms. The number of rotatable bonds is 0. The van der Waals surface area contributed by atoms with E-state index in [0.717, 1.165) is 36.2 Å². The van der Waals surface area contributed by atoms with Gasteiger partial charge in [-0.2, -0.15) is 5.10 Å². The molecule has 3 rings (SSSR count). The molecular formula is C13H18N2O. The molecule has 2 heterocycles. The SMILES string of the molecule is CC.Cc1nn2c3c(c(O)ccc13)CCC2. The predicted octanol–water partition coefficient (Wildman–Crippen LogP) is 3.02. The summed E-state index contributed by atoms with van der Waals surface area (Å²) in [5.74, 6) is 0.415. The van der Waals surface area contributed by atoms with Crippen molar-refractivity contribution in [3.05, 3.63) is 23.4 Å². The number of nitrogens with zero attached hydrogens (tertiary/aromatic N) is 2. The Morgan fingerprint density at radius 3 is 2.81 bits per heavy atom. The van der Waals surface area contributed by atoms with Crippen LogP contribution in [0, 0.1) is 6.92 Å². The first-order chi connectivity index (χ1) is 7.77. The van der Waals surface area contributed by atoms with E-state index in [-0.39, 0.29) is 0 Å². The predicted molar refractivity (Wildman–Crippen MR) is 65.8 cm³/mol. The van der Waals surface area contributed by atoms with Gasteiger partial charge >= 0.3 is 0 Å². The van der Waals surface area contributed by atoms with E-state index in [9.17, 15) is 5.11 Å². The summed E-state index contributed by atoms with van der Waals surface area (Å²) in [5.41, 5.74) is 3.26. The highest BCUT2D eigenvalue weighted by atomic mass is 16.3. The number of aromatic hydroxyl groups is 1. The van der Waals surface area contributed by atoms with Crippen molar-refractivity contribution in [1.82, 2.24) is 9.78 Å². The maximum atomic E-state index is 9.74. The quantitative estimate of drug-likeness (QED) is 0.738. The Morgan fingerprint density at radius 2 is 2.06 bits per heavy atom. The Balaban J connectivity index is 0.000000457. The molecule has 0 atom stereocenters. The average Bonchev–Trinajstić information content (AvgIpc) is 2.64. The first-order valence-electron chi connectivity index (χ1n) is 5.95. The van der Waals surface area contributed by atoms with Gasteiger partial charge in [-0.1, -0.05) is 13.8 Å². The van der Waals surface area contributed by atoms with Gasteiger partial charge in [0.25, 0.3) is 0 Å². The smallest absolute Gasteiger partial charge is 0.120 e. The second kappa shape index (κ2) is 4.16. The normalized spacial score (nSPS) is 13.4. The first-order valence-corrected chi connectivity index (χ1v) is 5.95. The van der Waals surface area contributed by atoms with Crippen LogP contribution in [0.1, 0.15) is 31.5 Å². The standard InChI is InChI=1S/C11H12N2O.C2H6/c1-7-8-4-5-10(14)9-3-2-6-13(12-7)11(8)9;1-2/h4-5,14H,2-3,6H2,1H3;1-2H3. The second-order valence-corrected chi connectivity index (χ2v) is 3.87. The number of aromatic nitrogens is 2. The van der Waals surface area contributed by atoms with Crippen LogP contribution in [0.2, 0.25) is 0 Å². The first kappa shape index (κ1) is 11.0. The minimum atomic E-state index is 0.415. The minimum Gasteiger partial charge on any atom is -0.508 e. The summed E-state index contributed by atoms with van der Waals surface area (Å²) in [7, 11) is 0. The number of hydrogen-bond donors (Lipinski definition) is 1. The molecule has 2 aromatic rings. The van der Waals surface area contributed by atoms with Crippen LogP contribution in [0.5, 0.6) is 5.75 Å². The van der Waals surface area contributed by atoms with Crippen LogP contribution in [0.3, 0.4) is 0 Å². The van der Waals surface area contributed by atoms with Gasteiger partial charge in [-0.25, -0.2) is 0 Å². The van der Waals surface area contributed by atoms with Crippen LogP contribution < -0.4 is 0 Å². The summed E-state index contributed by atoms with van der Waals surface area (Å²) in [4.78, 5) is 0. The minimum absolute atomic E-state index is 0.415. The molecule has 1 aliphatic heterocycles. The van der Waals surface area contributed by atoms with Crippen LogP contribution >= 0.6 is 0 Å². The lowest BCUT2D eigenvalue weighted by molar-refractivity contribution is 0.461. The Morgan fingerprint density at radius 1 is 1.31 bits per heavy atom. The Kier molecular flexibility index (Phi) is 2.86. The van der Waals surface area contributed by atoms with E-state index in [4.69, 9.17) is 0 Å². The molecule has 0 amide bonds. The van der Waals surface area contributed by atoms with Gasteiger partial charge in [0, 0.05) is 17.5 Å². The lowest BCUT2D eigenvalue weighted by Gasteiger charge is -2.14. The summed E-state index contributed by atoms with van der Waals surface area (Å²) in [6, 6.07) is 3.74. The molecule has 0 aliphatic carbocycles. The Bertz CT molecular complexity index is 514. The fraction of sp³-hybridized carbons (Fsp3) is 0.462. The number of benzene rings is 1. The zero-order valence-electron chi connectivity index (χ0n) is 10.1. The van der Waals surface area contributed by atoms with Crippen LogP contribution in [0.25, 0.3) is 10.9 Å². The molecule has 1 aliphatic rings. The van der Waals surface area contributed by atoms with Gasteiger partial charge in [-0.05, 0) is 31.9 Å². The van der Waals surface area contributed by atoms with Crippen molar-refractivity contribution in [2.24, 2.45) is 0 Å². The molecule has 0 fully saturated rings. The Labute approximate surface area is 95.7 Å². The van der Waals surface area contributed by atoms with Gasteiger partial charge in [0.15, 0.2) is 0 Å². The summed E-state index contributed by atoms with van der Waals surface area (Å²) in [5, 5.41) is 15.4. The van der Waals surface area contributed by atoms with E-state index in [1.54, 1.807) is 6.07 Å². The Hall–Kier alpha value is -1.51. The van der Waals surface area contributed by atoms with Gasteiger partial charge in [0.1, 0.15) is 5.75 Å². The average molecular weight is 218 g/mol. The molecular weight excluding hydrogens is 200 g/mol. The van der Waals surface area contributed by atoms with Crippen molar-refractivity contribution < 1.29 is 5.11 Å². The van der Waals surface area contributed by atoms with Crippen molar-refractivity contribution in [3.8, 4) is 5.75 Å². The number of phenols is 1. The van der Waals surface area contributed by atoms with Gasteiger partial charge in [0.2, 0.25) is 0 Å². The van der Waals surface area contributed by atoms with Crippen LogP contribution in [0.4, 0.5) is 0 Å². The molecule has 1 aromatic carbocycles. The van der Waals surface area contributed by atoms with Gasteiger partial charge < -0.3 is 5.11 Å². The third-order valence-electron chi connectivity index (χ3n) is 2.97. The molecule has 1 aromatic heterocycles. The van der Waals surface area contributed by atoms with E-state index in [2.05, 4.69) is 5.10 Å². The second-order valence-electron chi connectivity index (χ2n) is 3.87. The third-order valence-corrected chi connectivity index (χ3v) is 2.97. The highest BCUT2D eigenvalue weighted by Gasteiger charge is 2.18. The summed E-state index contributed by atoms with van der Waals surface area (Å²) in [6.07, 6.45) is 2.04. The van der Waals surface area contributed by atoms with E-state index in [0.29, 0.717) is 5.75 Å². The zero-order valence-corrected chi connectivity index (χ0v) is 10.1. The molecule has 0 saturated carbocycles. The number of aryl methyl sites for hydroxylation is 3. The van der Waals surface area contributed by atoms with E-state index >= 15 is 0 Å². The van der Waals surface area contributed by atoms with E-state index in [1.807, 2.05) is 31.5 Å². The highest BCUT2D eigenvalue weighted by Crippen LogP contribution is 2.32. The maximum Gasteiger partial charge on any atom is 0.120 e. The zero-order chi connectivity index (χ0) is 11.7. The van der Waals surface area contributed by atoms with Crippen molar-refractivity contribution in [3.63, 3.8) is 0 Å². The van der Waals surface area contributed by atoms with Crippen molar-refractivity contribution in [1.29, 1.82) is 0 Å². The van der Waals surface area contributed by atoms with Crippen molar-refractivity contribution in [2.75, 3.05) is 0 Å². The molecule has 0 saturated heterocycles. The van der Waals surface area contributed by atoms with E-state index in [1.165, 1.54) is 5.39 Å². The summed E-state index contributed by atoms with van der Waals surface area (Å²) < 4.78 is 2.02. The van der Waals surface area contributed by atoms with Gasteiger partial charge in [0.05, 0.1) is 11.2 Å². The number of phenolic OH excluding ortho intramolecular Hbond substituents is 1. The van der Waals surface area contributed by atoms with Crippen LogP contribution in [-0.2, 0) is 13.0 Å². The van der Waals surface area contributed by atoms with Crippen LogP contribution in [-0.4, -0.2) is 14.9 Å². The fourth-order valence-electron chi connectivity index (χ4n) is 2.31. The van der Waals surface area contributed by atoms with Gasteiger partial charge in [-0.3, -0.25) is 4.68 Å². The molecule has 86 valence electrons. The van der Waals surface area contributed by atoms with E-state index < -0.39 is 0 Å². The van der Waals surface area contributed by atoms with Crippen molar-refractivity contribution in [2.45, 2.75) is 40.2 Å². The lowest BCUT2D eigenvalue weighted by Crippen LogP contribution is -2.08. The molecule has 0 spiro atoms. The topological polar surface area (TPSA) is 38.0 Å². The monoisotopic (exact) mass is 218 g/mol. The largest absolute Gasteiger partial charge is 0.508 e. The van der Waals surface area contributed by atoms with Crippen LogP contribution in [0.15, 0.2) is 12.1 Å². The third kappa shape index (κ3) is 1.47. The molecule has 0 radical (unpaired) electrons. The molecule has 0 unspecified atom stereocenters. The maximum absolute atomic E-state index is 9.74. The summed E-state index contributed by atoms with van der Waals surface area (Å²) >= 11 is 0. The highest BCUT2D eigenvalue weighted by molar-refractivity contribution is 5.87. The fourth-order valence-corrected chi connectivity index (χ4v) is 2.31. The molecule has 1 N–H and O–H groups in total. The lowest BCUT2D eigenvalue weighted by atomic mass is 10.0. The number of hydrogen-bond acceptors (Lipinski definition) is 2. The molecule has 16 heavy (non-hydrogen) atoms. The van der Waals surface area contributed by atoms with Crippen molar-refractivity contribution >= 4 is 10.9 Å². The van der Waals surface area contributed by atoms with Gasteiger partial charge in [-0.15, -0.1) is 0 Å². The summed E-state index contributed by atoms with van der Waals surface area (Å²) in [6.45, 7) is 6.99. The molecule has 3 nitrogen and oxygen atoms in total. The molecule has 0 bridgehead atoms.